The molecule has 1 saturated heterocycles. The average Bonchev–Trinajstić information content (AvgIpc) is 2.74. The first-order valence-electron chi connectivity index (χ1n) is 9.83. The van der Waals surface area contributed by atoms with Gasteiger partial charge in [-0.2, -0.15) is 0 Å². The van der Waals surface area contributed by atoms with Crippen LogP contribution in [0.3, 0.4) is 0 Å². The van der Waals surface area contributed by atoms with Crippen LogP contribution in [0, 0.1) is 6.92 Å². The van der Waals surface area contributed by atoms with Gasteiger partial charge in [0.2, 0.25) is 5.88 Å². The predicted octanol–water partition coefficient (Wildman–Crippen LogP) is 3.82. The summed E-state index contributed by atoms with van der Waals surface area (Å²) >= 11 is 0. The van der Waals surface area contributed by atoms with Crippen LogP contribution in [0.15, 0.2) is 70.0 Å². The fourth-order valence-corrected chi connectivity index (χ4v) is 3.42. The van der Waals surface area contributed by atoms with Gasteiger partial charge in [-0.25, -0.2) is 9.78 Å². The normalized spacial score (nSPS) is 14.4. The molecule has 0 atom stereocenters. The van der Waals surface area contributed by atoms with Crippen molar-refractivity contribution in [3.05, 3.63) is 82.5 Å². The van der Waals surface area contributed by atoms with Crippen LogP contribution in [0.25, 0.3) is 0 Å². The summed E-state index contributed by atoms with van der Waals surface area (Å²) in [5.41, 5.74) is 0.143. The molecule has 154 valence electrons. The van der Waals surface area contributed by atoms with Crippen molar-refractivity contribution >= 4 is 5.91 Å². The van der Waals surface area contributed by atoms with Crippen molar-refractivity contribution in [3.63, 3.8) is 0 Å². The number of likely N-dealkylation sites (tertiary alicyclic amines) is 1. The molecule has 1 fully saturated rings. The second-order valence-electron chi connectivity index (χ2n) is 7.13. The fourth-order valence-electron chi connectivity index (χ4n) is 3.42. The molecule has 0 saturated carbocycles. The number of aryl methyl sites for hydroxylation is 1. The Balaban J connectivity index is 1.36. The number of amides is 1. The number of ether oxygens (including phenoxy) is 2. The number of rotatable bonds is 5. The predicted molar refractivity (Wildman–Crippen MR) is 110 cm³/mol. The first-order chi connectivity index (χ1) is 14.6. The molecule has 0 N–H and O–H groups in total. The van der Waals surface area contributed by atoms with Gasteiger partial charge in [0.1, 0.15) is 23.4 Å². The van der Waals surface area contributed by atoms with Crippen molar-refractivity contribution in [2.75, 3.05) is 13.1 Å². The second-order valence-corrected chi connectivity index (χ2v) is 7.13. The minimum atomic E-state index is -0.426. The van der Waals surface area contributed by atoms with Crippen molar-refractivity contribution < 1.29 is 18.7 Å². The standard InChI is InChI=1S/C23H22N2O5/c1-16-13-20(15-22(26)28-16)29-18-8-11-25(12-9-18)23(27)17-5-4-6-19(14-17)30-21-7-2-3-10-24-21/h2-7,10,13-15,18H,8-9,11-12H2,1H3. The maximum Gasteiger partial charge on any atom is 0.339 e. The Morgan fingerprint density at radius 3 is 2.63 bits per heavy atom. The lowest BCUT2D eigenvalue weighted by Gasteiger charge is -2.32. The minimum absolute atomic E-state index is 0.0453. The third kappa shape index (κ3) is 4.86. The molecule has 0 unspecified atom stereocenters. The highest BCUT2D eigenvalue weighted by Gasteiger charge is 2.25. The van der Waals surface area contributed by atoms with Crippen LogP contribution in [-0.2, 0) is 0 Å². The Hall–Kier alpha value is -3.61. The molecular formula is C23H22N2O5. The van der Waals surface area contributed by atoms with Gasteiger partial charge in [0.05, 0.1) is 6.07 Å². The Labute approximate surface area is 173 Å². The van der Waals surface area contributed by atoms with E-state index in [1.165, 1.54) is 6.07 Å². The van der Waals surface area contributed by atoms with Gasteiger partial charge in [0.25, 0.3) is 5.91 Å². The summed E-state index contributed by atoms with van der Waals surface area (Å²) in [6, 6.07) is 15.6. The number of nitrogens with zero attached hydrogens (tertiary/aromatic N) is 2. The zero-order valence-electron chi connectivity index (χ0n) is 16.6. The van der Waals surface area contributed by atoms with E-state index in [2.05, 4.69) is 4.98 Å². The zero-order chi connectivity index (χ0) is 20.9. The molecule has 0 radical (unpaired) electrons. The molecule has 2 aromatic heterocycles. The molecule has 30 heavy (non-hydrogen) atoms. The Kier molecular flexibility index (Phi) is 5.79. The molecule has 7 nitrogen and oxygen atoms in total. The fraction of sp³-hybridized carbons (Fsp3) is 0.261. The topological polar surface area (TPSA) is 81.9 Å². The first kappa shape index (κ1) is 19.7. The van der Waals surface area contributed by atoms with E-state index in [9.17, 15) is 9.59 Å². The Bertz CT molecular complexity index is 1070. The maximum absolute atomic E-state index is 12.9. The van der Waals surface area contributed by atoms with Gasteiger partial charge in [-0.1, -0.05) is 12.1 Å². The largest absolute Gasteiger partial charge is 0.490 e. The van der Waals surface area contributed by atoms with Crippen molar-refractivity contribution in [2.45, 2.75) is 25.9 Å². The summed E-state index contributed by atoms with van der Waals surface area (Å²) in [6.45, 7) is 2.87. The van der Waals surface area contributed by atoms with E-state index >= 15 is 0 Å². The molecule has 0 bridgehead atoms. The van der Waals surface area contributed by atoms with E-state index in [0.29, 0.717) is 54.6 Å². The van der Waals surface area contributed by atoms with Crippen LogP contribution >= 0.6 is 0 Å². The molecule has 1 aliphatic heterocycles. The average molecular weight is 406 g/mol. The summed E-state index contributed by atoms with van der Waals surface area (Å²) < 4.78 is 16.6. The number of hydrogen-bond acceptors (Lipinski definition) is 6. The second kappa shape index (κ2) is 8.82. The van der Waals surface area contributed by atoms with Gasteiger partial charge in [-0.3, -0.25) is 4.79 Å². The monoisotopic (exact) mass is 406 g/mol. The lowest BCUT2D eigenvalue weighted by Crippen LogP contribution is -2.41. The van der Waals surface area contributed by atoms with Crippen LogP contribution in [0.1, 0.15) is 29.0 Å². The van der Waals surface area contributed by atoms with Crippen LogP contribution < -0.4 is 15.1 Å². The summed E-state index contributed by atoms with van der Waals surface area (Å²) in [7, 11) is 0. The molecule has 0 aliphatic carbocycles. The van der Waals surface area contributed by atoms with Gasteiger partial charge in [0.15, 0.2) is 0 Å². The number of carbonyl (C=O) groups is 1. The van der Waals surface area contributed by atoms with Gasteiger partial charge in [0, 0.05) is 49.8 Å². The highest BCUT2D eigenvalue weighted by Crippen LogP contribution is 2.23. The number of benzene rings is 1. The third-order valence-electron chi connectivity index (χ3n) is 4.84. The lowest BCUT2D eigenvalue weighted by molar-refractivity contribution is 0.0594. The Morgan fingerprint density at radius 1 is 1.07 bits per heavy atom. The molecule has 3 heterocycles. The number of pyridine rings is 1. The quantitative estimate of drug-likeness (QED) is 0.641. The van der Waals surface area contributed by atoms with Gasteiger partial charge in [-0.05, 0) is 31.2 Å². The Morgan fingerprint density at radius 2 is 1.90 bits per heavy atom. The number of carbonyl (C=O) groups excluding carboxylic acids is 1. The number of hydrogen-bond donors (Lipinski definition) is 0. The molecular weight excluding hydrogens is 384 g/mol. The minimum Gasteiger partial charge on any atom is -0.490 e. The zero-order valence-corrected chi connectivity index (χ0v) is 16.6. The van der Waals surface area contributed by atoms with Gasteiger partial charge >= 0.3 is 5.63 Å². The van der Waals surface area contributed by atoms with Crippen molar-refractivity contribution in [1.82, 2.24) is 9.88 Å². The van der Waals surface area contributed by atoms with Gasteiger partial charge in [-0.15, -0.1) is 0 Å². The summed E-state index contributed by atoms with van der Waals surface area (Å²) in [5.74, 6) is 2.02. The van der Waals surface area contributed by atoms with E-state index in [1.807, 2.05) is 17.0 Å². The van der Waals surface area contributed by atoms with Gasteiger partial charge < -0.3 is 18.8 Å². The van der Waals surface area contributed by atoms with E-state index < -0.39 is 5.63 Å². The summed E-state index contributed by atoms with van der Waals surface area (Å²) in [5, 5.41) is 0. The van der Waals surface area contributed by atoms with Crippen molar-refractivity contribution in [3.8, 4) is 17.4 Å². The van der Waals surface area contributed by atoms with Crippen LogP contribution in [0.2, 0.25) is 0 Å². The molecule has 3 aromatic rings. The van der Waals surface area contributed by atoms with Crippen LogP contribution in [0.5, 0.6) is 17.4 Å². The molecule has 1 amide bonds. The lowest BCUT2D eigenvalue weighted by atomic mass is 10.1. The molecule has 1 aromatic carbocycles. The van der Waals surface area contributed by atoms with E-state index in [-0.39, 0.29) is 12.0 Å². The summed E-state index contributed by atoms with van der Waals surface area (Å²) in [6.07, 6.45) is 2.98. The van der Waals surface area contributed by atoms with Crippen LogP contribution in [-0.4, -0.2) is 35.0 Å². The molecule has 4 rings (SSSR count). The SMILES string of the molecule is Cc1cc(OC2CCN(C(=O)c3cccc(Oc4ccccn4)c3)CC2)cc(=O)o1. The maximum atomic E-state index is 12.9. The molecule has 1 aliphatic rings. The molecule has 7 heteroatoms. The van der Waals surface area contributed by atoms with E-state index in [0.717, 1.165) is 0 Å². The van der Waals surface area contributed by atoms with E-state index in [4.69, 9.17) is 13.9 Å². The first-order valence-corrected chi connectivity index (χ1v) is 9.83. The van der Waals surface area contributed by atoms with E-state index in [1.54, 1.807) is 49.5 Å². The van der Waals surface area contributed by atoms with Crippen molar-refractivity contribution in [2.24, 2.45) is 0 Å². The smallest absolute Gasteiger partial charge is 0.339 e. The number of aromatic nitrogens is 1. The summed E-state index contributed by atoms with van der Waals surface area (Å²) in [4.78, 5) is 30.3. The number of piperidine rings is 1. The van der Waals surface area contributed by atoms with Crippen molar-refractivity contribution in [1.29, 1.82) is 0 Å². The third-order valence-corrected chi connectivity index (χ3v) is 4.84. The van der Waals surface area contributed by atoms with Crippen LogP contribution in [0.4, 0.5) is 0 Å². The molecule has 0 spiro atoms. The highest BCUT2D eigenvalue weighted by atomic mass is 16.5. The highest BCUT2D eigenvalue weighted by molar-refractivity contribution is 5.94.